The van der Waals surface area contributed by atoms with Crippen LogP contribution in [0, 0.1) is 17.8 Å². The van der Waals surface area contributed by atoms with Crippen LogP contribution in [-0.4, -0.2) is 12.2 Å². The van der Waals surface area contributed by atoms with Gasteiger partial charge < -0.3 is 9.84 Å². The second-order valence-electron chi connectivity index (χ2n) is 6.34. The minimum Gasteiger partial charge on any atom is -0.497 e. The van der Waals surface area contributed by atoms with Crippen molar-refractivity contribution in [2.45, 2.75) is 45.6 Å². The number of hydrogen-bond donors (Lipinski definition) is 1. The first-order chi connectivity index (χ1) is 8.95. The van der Waals surface area contributed by atoms with Crippen LogP contribution < -0.4 is 4.74 Å². The van der Waals surface area contributed by atoms with Crippen LogP contribution in [0.3, 0.4) is 0 Å². The molecular weight excluding hydrogens is 236 g/mol. The van der Waals surface area contributed by atoms with Gasteiger partial charge in [0.15, 0.2) is 0 Å². The van der Waals surface area contributed by atoms with E-state index in [1.165, 1.54) is 6.42 Å². The molecule has 1 aliphatic rings. The number of benzene rings is 1. The van der Waals surface area contributed by atoms with Gasteiger partial charge in [0.25, 0.3) is 0 Å². The molecule has 0 bridgehead atoms. The summed E-state index contributed by atoms with van der Waals surface area (Å²) in [7, 11) is 1.66. The highest BCUT2D eigenvalue weighted by molar-refractivity contribution is 5.32. The Labute approximate surface area is 116 Å². The molecule has 2 heteroatoms. The van der Waals surface area contributed by atoms with Crippen LogP contribution in [0.25, 0.3) is 0 Å². The fraction of sp³-hybridized carbons (Fsp3) is 0.647. The van der Waals surface area contributed by atoms with E-state index >= 15 is 0 Å². The minimum atomic E-state index is -0.761. The third kappa shape index (κ3) is 2.94. The lowest BCUT2D eigenvalue weighted by Gasteiger charge is -2.40. The van der Waals surface area contributed by atoms with Crippen molar-refractivity contribution in [3.05, 3.63) is 29.8 Å². The third-order valence-corrected chi connectivity index (χ3v) is 5.05. The van der Waals surface area contributed by atoms with Gasteiger partial charge in [-0.3, -0.25) is 0 Å². The van der Waals surface area contributed by atoms with Gasteiger partial charge in [0.05, 0.1) is 12.7 Å². The van der Waals surface area contributed by atoms with Crippen molar-refractivity contribution in [2.75, 3.05) is 7.11 Å². The molecule has 106 valence electrons. The fourth-order valence-corrected chi connectivity index (χ4v) is 3.23. The molecule has 0 spiro atoms. The summed E-state index contributed by atoms with van der Waals surface area (Å²) in [5.41, 5.74) is 0.210. The summed E-state index contributed by atoms with van der Waals surface area (Å²) >= 11 is 0. The van der Waals surface area contributed by atoms with Crippen molar-refractivity contribution >= 4 is 0 Å². The van der Waals surface area contributed by atoms with Gasteiger partial charge in [0, 0.05) is 0 Å². The molecule has 2 nitrogen and oxygen atoms in total. The molecule has 19 heavy (non-hydrogen) atoms. The van der Waals surface area contributed by atoms with Crippen LogP contribution in [0.1, 0.15) is 45.6 Å². The van der Waals surface area contributed by atoms with E-state index in [-0.39, 0.29) is 0 Å². The van der Waals surface area contributed by atoms with E-state index in [9.17, 15) is 5.11 Å². The van der Waals surface area contributed by atoms with Crippen molar-refractivity contribution < 1.29 is 9.84 Å². The van der Waals surface area contributed by atoms with Gasteiger partial charge >= 0.3 is 0 Å². The molecular formula is C17H26O2. The van der Waals surface area contributed by atoms with Crippen LogP contribution in [0.15, 0.2) is 24.3 Å². The van der Waals surface area contributed by atoms with E-state index < -0.39 is 5.60 Å². The zero-order chi connectivity index (χ0) is 14.0. The maximum absolute atomic E-state index is 11.0. The summed E-state index contributed by atoms with van der Waals surface area (Å²) in [6.07, 6.45) is 3.42. The van der Waals surface area contributed by atoms with Gasteiger partial charge in [-0.2, -0.15) is 0 Å². The molecule has 1 aromatic carbocycles. The molecule has 0 radical (unpaired) electrons. The Morgan fingerprint density at radius 3 is 2.58 bits per heavy atom. The molecule has 1 aromatic rings. The smallest absolute Gasteiger partial charge is 0.119 e. The number of ether oxygens (including phenoxy) is 1. The predicted molar refractivity (Wildman–Crippen MR) is 78.2 cm³/mol. The summed E-state index contributed by atoms with van der Waals surface area (Å²) < 4.78 is 5.26. The van der Waals surface area contributed by atoms with E-state index in [2.05, 4.69) is 13.8 Å². The second-order valence-corrected chi connectivity index (χ2v) is 6.34. The number of methoxy groups -OCH3 is 1. The third-order valence-electron chi connectivity index (χ3n) is 5.05. The number of rotatable bonds is 3. The standard InChI is InChI=1S/C17H26O2/c1-12-8-9-15(10-13(12)2)17(3,18)14-6-5-7-16(11-14)19-4/h5-7,11-13,15,18H,8-10H2,1-4H3. The molecule has 0 amide bonds. The lowest BCUT2D eigenvalue weighted by Crippen LogP contribution is -2.36. The number of aliphatic hydroxyl groups is 1. The average Bonchev–Trinajstić information content (AvgIpc) is 2.41. The molecule has 0 aliphatic heterocycles. The van der Waals surface area contributed by atoms with Crippen LogP contribution in [0.2, 0.25) is 0 Å². The zero-order valence-electron chi connectivity index (χ0n) is 12.5. The lowest BCUT2D eigenvalue weighted by atomic mass is 9.68. The van der Waals surface area contributed by atoms with E-state index in [1.807, 2.05) is 31.2 Å². The Morgan fingerprint density at radius 2 is 1.95 bits per heavy atom. The molecule has 1 saturated carbocycles. The second kappa shape index (κ2) is 5.54. The highest BCUT2D eigenvalue weighted by Crippen LogP contribution is 2.43. The highest BCUT2D eigenvalue weighted by Gasteiger charge is 2.38. The van der Waals surface area contributed by atoms with Gasteiger partial charge in [-0.25, -0.2) is 0 Å². The van der Waals surface area contributed by atoms with E-state index in [4.69, 9.17) is 4.74 Å². The Hall–Kier alpha value is -1.02. The lowest BCUT2D eigenvalue weighted by molar-refractivity contribution is -0.0372. The van der Waals surface area contributed by atoms with Crippen molar-refractivity contribution in [1.29, 1.82) is 0 Å². The van der Waals surface area contributed by atoms with E-state index in [1.54, 1.807) is 7.11 Å². The monoisotopic (exact) mass is 262 g/mol. The van der Waals surface area contributed by atoms with Crippen LogP contribution >= 0.6 is 0 Å². The fourth-order valence-electron chi connectivity index (χ4n) is 3.23. The predicted octanol–water partition coefficient (Wildman–Crippen LogP) is 3.98. The van der Waals surface area contributed by atoms with Gasteiger partial charge in [-0.15, -0.1) is 0 Å². The zero-order valence-corrected chi connectivity index (χ0v) is 12.5. The summed E-state index contributed by atoms with van der Waals surface area (Å²) in [4.78, 5) is 0. The first kappa shape index (κ1) is 14.4. The van der Waals surface area contributed by atoms with Crippen LogP contribution in [0.4, 0.5) is 0 Å². The quantitative estimate of drug-likeness (QED) is 0.893. The van der Waals surface area contributed by atoms with Crippen molar-refractivity contribution in [3.8, 4) is 5.75 Å². The maximum Gasteiger partial charge on any atom is 0.119 e. The van der Waals surface area contributed by atoms with Crippen LogP contribution in [0.5, 0.6) is 5.75 Å². The highest BCUT2D eigenvalue weighted by atomic mass is 16.5. The summed E-state index contributed by atoms with van der Waals surface area (Å²) in [6.45, 7) is 6.58. The van der Waals surface area contributed by atoms with E-state index in [0.29, 0.717) is 11.8 Å². The summed E-state index contributed by atoms with van der Waals surface area (Å²) in [5.74, 6) is 2.62. The van der Waals surface area contributed by atoms with Crippen molar-refractivity contribution in [3.63, 3.8) is 0 Å². The minimum absolute atomic E-state index is 0.339. The SMILES string of the molecule is COc1cccc(C(C)(O)C2CCC(C)C(C)C2)c1. The molecule has 2 rings (SSSR count). The van der Waals surface area contributed by atoms with Gasteiger partial charge in [0.2, 0.25) is 0 Å². The Balaban J connectivity index is 2.21. The van der Waals surface area contributed by atoms with Crippen molar-refractivity contribution in [1.82, 2.24) is 0 Å². The van der Waals surface area contributed by atoms with E-state index in [0.717, 1.165) is 30.1 Å². The van der Waals surface area contributed by atoms with Crippen LogP contribution in [-0.2, 0) is 5.60 Å². The maximum atomic E-state index is 11.0. The Bertz CT molecular complexity index is 425. The molecule has 0 heterocycles. The molecule has 0 aromatic heterocycles. The summed E-state index contributed by atoms with van der Waals surface area (Å²) in [5, 5.41) is 11.0. The molecule has 0 saturated heterocycles. The Morgan fingerprint density at radius 1 is 1.21 bits per heavy atom. The van der Waals surface area contributed by atoms with Gasteiger partial charge in [-0.05, 0) is 55.2 Å². The normalized spacial score (nSPS) is 30.7. The largest absolute Gasteiger partial charge is 0.497 e. The molecule has 1 fully saturated rings. The van der Waals surface area contributed by atoms with Gasteiger partial charge in [0.1, 0.15) is 5.75 Å². The average molecular weight is 262 g/mol. The molecule has 4 atom stereocenters. The van der Waals surface area contributed by atoms with Crippen molar-refractivity contribution in [2.24, 2.45) is 17.8 Å². The topological polar surface area (TPSA) is 29.5 Å². The first-order valence-electron chi connectivity index (χ1n) is 7.32. The number of hydrogen-bond acceptors (Lipinski definition) is 2. The summed E-state index contributed by atoms with van der Waals surface area (Å²) in [6, 6.07) is 7.84. The molecule has 1 aliphatic carbocycles. The van der Waals surface area contributed by atoms with Gasteiger partial charge in [-0.1, -0.05) is 32.4 Å². The molecule has 1 N–H and O–H groups in total. The molecule has 4 unspecified atom stereocenters. The first-order valence-corrected chi connectivity index (χ1v) is 7.32. The Kier molecular flexibility index (Phi) is 4.19.